The number of benzene rings is 1. The lowest BCUT2D eigenvalue weighted by Gasteiger charge is -2.22. The van der Waals surface area contributed by atoms with Gasteiger partial charge in [0.2, 0.25) is 0 Å². The Balaban J connectivity index is 1.59. The summed E-state index contributed by atoms with van der Waals surface area (Å²) in [5.41, 5.74) is 1.29. The molecule has 1 unspecified atom stereocenters. The normalized spacial score (nSPS) is 18.6. The van der Waals surface area contributed by atoms with E-state index in [0.29, 0.717) is 13.0 Å². The van der Waals surface area contributed by atoms with Crippen molar-refractivity contribution in [1.29, 1.82) is 0 Å². The van der Waals surface area contributed by atoms with E-state index in [0.717, 1.165) is 44.6 Å². The molecule has 1 aromatic carbocycles. The monoisotopic (exact) mass is 294 g/mol. The SMILES string of the molecule is OCCCOc1ccc(CCCOC2CCCCO2)cc1. The van der Waals surface area contributed by atoms with Gasteiger partial charge in [-0.3, -0.25) is 0 Å². The van der Waals surface area contributed by atoms with Gasteiger partial charge in [-0.2, -0.15) is 0 Å². The zero-order valence-electron chi connectivity index (χ0n) is 12.6. The first-order chi connectivity index (χ1) is 10.4. The van der Waals surface area contributed by atoms with E-state index in [1.54, 1.807) is 0 Å². The van der Waals surface area contributed by atoms with Gasteiger partial charge in [-0.1, -0.05) is 12.1 Å². The fourth-order valence-electron chi connectivity index (χ4n) is 2.34. The van der Waals surface area contributed by atoms with Crippen LogP contribution in [0.3, 0.4) is 0 Å². The molecule has 0 aromatic heterocycles. The van der Waals surface area contributed by atoms with Crippen molar-refractivity contribution in [3.05, 3.63) is 29.8 Å². The number of ether oxygens (including phenoxy) is 3. The van der Waals surface area contributed by atoms with Crippen LogP contribution in [0.15, 0.2) is 24.3 Å². The van der Waals surface area contributed by atoms with Crippen molar-refractivity contribution in [3.8, 4) is 5.75 Å². The van der Waals surface area contributed by atoms with E-state index in [2.05, 4.69) is 12.1 Å². The van der Waals surface area contributed by atoms with Crippen molar-refractivity contribution in [3.63, 3.8) is 0 Å². The molecule has 1 atom stereocenters. The van der Waals surface area contributed by atoms with E-state index < -0.39 is 0 Å². The zero-order chi connectivity index (χ0) is 14.8. The van der Waals surface area contributed by atoms with Crippen LogP contribution in [0, 0.1) is 0 Å². The van der Waals surface area contributed by atoms with Gasteiger partial charge in [0.05, 0.1) is 13.2 Å². The van der Waals surface area contributed by atoms with Crippen LogP contribution >= 0.6 is 0 Å². The minimum atomic E-state index is 0.0149. The topological polar surface area (TPSA) is 47.9 Å². The highest BCUT2D eigenvalue weighted by atomic mass is 16.7. The van der Waals surface area contributed by atoms with Crippen molar-refractivity contribution in [1.82, 2.24) is 0 Å². The molecule has 0 amide bonds. The van der Waals surface area contributed by atoms with E-state index in [1.807, 2.05) is 12.1 Å². The standard InChI is InChI=1S/C17H26O4/c18-11-4-14-19-16-9-7-15(8-10-16)5-3-13-21-17-6-1-2-12-20-17/h7-10,17-18H,1-6,11-14H2. The second-order valence-corrected chi connectivity index (χ2v) is 5.34. The molecule has 1 saturated heterocycles. The summed E-state index contributed by atoms with van der Waals surface area (Å²) >= 11 is 0. The first-order valence-corrected chi connectivity index (χ1v) is 7.94. The predicted octanol–water partition coefficient (Wildman–Crippen LogP) is 2.92. The number of hydrogen-bond acceptors (Lipinski definition) is 4. The molecule has 4 nitrogen and oxygen atoms in total. The molecule has 1 N–H and O–H groups in total. The number of hydrogen-bond donors (Lipinski definition) is 1. The van der Waals surface area contributed by atoms with E-state index in [9.17, 15) is 0 Å². The average Bonchev–Trinajstić information content (AvgIpc) is 2.54. The lowest BCUT2D eigenvalue weighted by molar-refractivity contribution is -0.162. The summed E-state index contributed by atoms with van der Waals surface area (Å²) in [5, 5.41) is 8.70. The summed E-state index contributed by atoms with van der Waals surface area (Å²) in [7, 11) is 0. The highest BCUT2D eigenvalue weighted by molar-refractivity contribution is 5.27. The fourth-order valence-corrected chi connectivity index (χ4v) is 2.34. The van der Waals surface area contributed by atoms with Gasteiger partial charge in [0.25, 0.3) is 0 Å². The number of aryl methyl sites for hydroxylation is 1. The Kier molecular flexibility index (Phi) is 7.57. The van der Waals surface area contributed by atoms with Gasteiger partial charge in [-0.25, -0.2) is 0 Å². The van der Waals surface area contributed by atoms with Crippen LogP contribution in [-0.4, -0.2) is 37.8 Å². The smallest absolute Gasteiger partial charge is 0.157 e. The Morgan fingerprint density at radius 3 is 2.67 bits per heavy atom. The maximum absolute atomic E-state index is 8.70. The van der Waals surface area contributed by atoms with E-state index >= 15 is 0 Å². The molecule has 1 heterocycles. The molecule has 4 heteroatoms. The van der Waals surface area contributed by atoms with Crippen molar-refractivity contribution in [2.24, 2.45) is 0 Å². The summed E-state index contributed by atoms with van der Waals surface area (Å²) in [4.78, 5) is 0. The van der Waals surface area contributed by atoms with E-state index in [4.69, 9.17) is 19.3 Å². The van der Waals surface area contributed by atoms with Gasteiger partial charge in [0.1, 0.15) is 5.75 Å². The summed E-state index contributed by atoms with van der Waals surface area (Å²) in [6.07, 6.45) is 6.09. The lowest BCUT2D eigenvalue weighted by atomic mass is 10.1. The van der Waals surface area contributed by atoms with Gasteiger partial charge in [-0.05, 0) is 49.8 Å². The Morgan fingerprint density at radius 1 is 1.10 bits per heavy atom. The van der Waals surface area contributed by atoms with Crippen LogP contribution in [0.4, 0.5) is 0 Å². The second-order valence-electron chi connectivity index (χ2n) is 5.34. The van der Waals surface area contributed by atoms with Crippen LogP contribution < -0.4 is 4.74 Å². The molecule has 1 aliphatic heterocycles. The van der Waals surface area contributed by atoms with E-state index in [1.165, 1.54) is 12.0 Å². The minimum Gasteiger partial charge on any atom is -0.494 e. The summed E-state index contributed by atoms with van der Waals surface area (Å²) < 4.78 is 16.8. The molecule has 1 fully saturated rings. The highest BCUT2D eigenvalue weighted by Gasteiger charge is 2.13. The highest BCUT2D eigenvalue weighted by Crippen LogP contribution is 2.16. The molecule has 118 valence electrons. The van der Waals surface area contributed by atoms with Crippen molar-refractivity contribution < 1.29 is 19.3 Å². The molecular formula is C17H26O4. The molecule has 21 heavy (non-hydrogen) atoms. The third-order valence-corrected chi connectivity index (χ3v) is 3.55. The molecular weight excluding hydrogens is 268 g/mol. The molecule has 1 aliphatic rings. The molecule has 0 aliphatic carbocycles. The Labute approximate surface area is 127 Å². The van der Waals surface area contributed by atoms with Gasteiger partial charge in [0.15, 0.2) is 6.29 Å². The van der Waals surface area contributed by atoms with Crippen LogP contribution in [0.5, 0.6) is 5.75 Å². The first kappa shape index (κ1) is 16.3. The Morgan fingerprint density at radius 2 is 1.95 bits per heavy atom. The molecule has 0 saturated carbocycles. The van der Waals surface area contributed by atoms with Crippen molar-refractivity contribution in [2.75, 3.05) is 26.4 Å². The maximum Gasteiger partial charge on any atom is 0.157 e. The Bertz CT molecular complexity index is 371. The number of rotatable bonds is 9. The third-order valence-electron chi connectivity index (χ3n) is 3.55. The van der Waals surface area contributed by atoms with Crippen molar-refractivity contribution >= 4 is 0 Å². The fraction of sp³-hybridized carbons (Fsp3) is 0.647. The van der Waals surface area contributed by atoms with Gasteiger partial charge >= 0.3 is 0 Å². The molecule has 1 aromatic rings. The molecule has 0 radical (unpaired) electrons. The van der Waals surface area contributed by atoms with Crippen molar-refractivity contribution in [2.45, 2.75) is 44.8 Å². The first-order valence-electron chi connectivity index (χ1n) is 7.94. The summed E-state index contributed by atoms with van der Waals surface area (Å²) in [5.74, 6) is 0.860. The molecule has 2 rings (SSSR count). The second kappa shape index (κ2) is 9.77. The third kappa shape index (κ3) is 6.46. The average molecular weight is 294 g/mol. The van der Waals surface area contributed by atoms with Gasteiger partial charge in [0, 0.05) is 19.6 Å². The largest absolute Gasteiger partial charge is 0.494 e. The van der Waals surface area contributed by atoms with Gasteiger partial charge < -0.3 is 19.3 Å². The van der Waals surface area contributed by atoms with Crippen LogP contribution in [0.2, 0.25) is 0 Å². The van der Waals surface area contributed by atoms with E-state index in [-0.39, 0.29) is 12.9 Å². The predicted molar refractivity (Wildman–Crippen MR) is 81.5 cm³/mol. The molecule has 0 spiro atoms. The van der Waals surface area contributed by atoms with Crippen LogP contribution in [-0.2, 0) is 15.9 Å². The lowest BCUT2D eigenvalue weighted by Crippen LogP contribution is -2.22. The number of aliphatic hydroxyl groups excluding tert-OH is 1. The summed E-state index contributed by atoms with van der Waals surface area (Å²) in [6.45, 7) is 2.32. The molecule has 0 bridgehead atoms. The van der Waals surface area contributed by atoms with Crippen LogP contribution in [0.25, 0.3) is 0 Å². The number of aliphatic hydroxyl groups is 1. The quantitative estimate of drug-likeness (QED) is 0.711. The summed E-state index contributed by atoms with van der Waals surface area (Å²) in [6, 6.07) is 8.15. The minimum absolute atomic E-state index is 0.0149. The van der Waals surface area contributed by atoms with Gasteiger partial charge in [-0.15, -0.1) is 0 Å². The Hall–Kier alpha value is -1.10. The maximum atomic E-state index is 8.70. The zero-order valence-corrected chi connectivity index (χ0v) is 12.6. The van der Waals surface area contributed by atoms with Crippen LogP contribution in [0.1, 0.15) is 37.7 Å².